The van der Waals surface area contributed by atoms with Crippen LogP contribution in [0.1, 0.15) is 6.92 Å². The second-order valence-electron chi connectivity index (χ2n) is 2.07. The maximum Gasteiger partial charge on any atom is 0.150 e. The van der Waals surface area contributed by atoms with E-state index in [9.17, 15) is 9.59 Å². The average Bonchev–Trinajstić information content (AvgIpc) is 2.19. The Kier molecular flexibility index (Phi) is 12.3. The van der Waals surface area contributed by atoms with Crippen LogP contribution in [0, 0.1) is 0 Å². The van der Waals surface area contributed by atoms with Crippen LogP contribution in [0.2, 0.25) is 0 Å². The van der Waals surface area contributed by atoms with Gasteiger partial charge in [0.25, 0.3) is 0 Å². The molecule has 0 unspecified atom stereocenters. The molecule has 0 saturated carbocycles. The molecule has 0 aromatic rings. The standard InChI is InChI=1S/C9H10O2.CH5NO/c1-3-5-9(7-11)8(4-2)6-10;1-2-3/h3-7H,2H2,1H3;2-3H,1H3/b5-3-,9-8-;. The first-order chi connectivity index (χ1) is 6.71. The molecule has 0 radical (unpaired) electrons. The number of hydroxylamine groups is 1. The van der Waals surface area contributed by atoms with E-state index in [1.165, 1.54) is 13.1 Å². The van der Waals surface area contributed by atoms with Gasteiger partial charge in [0, 0.05) is 18.2 Å². The molecule has 14 heavy (non-hydrogen) atoms. The Morgan fingerprint density at radius 3 is 1.93 bits per heavy atom. The van der Waals surface area contributed by atoms with E-state index in [-0.39, 0.29) is 0 Å². The van der Waals surface area contributed by atoms with Crippen molar-refractivity contribution in [2.75, 3.05) is 7.05 Å². The first kappa shape index (κ1) is 15.0. The molecule has 0 aliphatic heterocycles. The number of aldehydes is 2. The van der Waals surface area contributed by atoms with Crippen molar-refractivity contribution in [2.24, 2.45) is 0 Å². The first-order valence-electron chi connectivity index (χ1n) is 3.92. The van der Waals surface area contributed by atoms with E-state index >= 15 is 0 Å². The molecule has 4 nitrogen and oxygen atoms in total. The lowest BCUT2D eigenvalue weighted by Gasteiger charge is -1.91. The fourth-order valence-corrected chi connectivity index (χ4v) is 0.617. The Labute approximate surface area is 83.6 Å². The van der Waals surface area contributed by atoms with Gasteiger partial charge < -0.3 is 5.21 Å². The second-order valence-corrected chi connectivity index (χ2v) is 2.07. The van der Waals surface area contributed by atoms with Crippen LogP contribution in [-0.4, -0.2) is 24.8 Å². The van der Waals surface area contributed by atoms with Gasteiger partial charge in [0.15, 0.2) is 12.6 Å². The SMILES string of the molecule is C=C/C(C=O)=C(C=O)\C=C/C.CNO. The molecule has 0 amide bonds. The van der Waals surface area contributed by atoms with Crippen molar-refractivity contribution in [3.05, 3.63) is 36.0 Å². The molecule has 0 bridgehead atoms. The molecule has 0 spiro atoms. The molecule has 0 rings (SSSR count). The summed E-state index contributed by atoms with van der Waals surface area (Å²) in [4.78, 5) is 20.6. The minimum Gasteiger partial charge on any atom is -0.317 e. The van der Waals surface area contributed by atoms with Gasteiger partial charge in [-0.3, -0.25) is 9.59 Å². The predicted molar refractivity (Wildman–Crippen MR) is 55.0 cm³/mol. The van der Waals surface area contributed by atoms with Crippen LogP contribution in [0.4, 0.5) is 0 Å². The summed E-state index contributed by atoms with van der Waals surface area (Å²) in [6.45, 7) is 5.17. The van der Waals surface area contributed by atoms with Gasteiger partial charge >= 0.3 is 0 Å². The Bertz CT molecular complexity index is 232. The van der Waals surface area contributed by atoms with E-state index in [0.717, 1.165) is 0 Å². The molecule has 2 N–H and O–H groups in total. The van der Waals surface area contributed by atoms with Crippen LogP contribution < -0.4 is 5.48 Å². The largest absolute Gasteiger partial charge is 0.317 e. The molecule has 0 aromatic heterocycles. The maximum absolute atomic E-state index is 10.3. The van der Waals surface area contributed by atoms with Crippen molar-refractivity contribution in [1.82, 2.24) is 5.48 Å². The van der Waals surface area contributed by atoms with Crippen molar-refractivity contribution in [1.29, 1.82) is 0 Å². The molecular formula is C10H15NO3. The monoisotopic (exact) mass is 197 g/mol. The van der Waals surface area contributed by atoms with Crippen molar-refractivity contribution < 1.29 is 14.8 Å². The first-order valence-corrected chi connectivity index (χ1v) is 3.92. The number of allylic oxidation sites excluding steroid dienone is 5. The minimum absolute atomic E-state index is 0.318. The molecule has 0 aromatic carbocycles. The van der Waals surface area contributed by atoms with Crippen LogP contribution >= 0.6 is 0 Å². The van der Waals surface area contributed by atoms with Crippen LogP contribution in [-0.2, 0) is 9.59 Å². The highest BCUT2D eigenvalue weighted by Gasteiger charge is 1.95. The highest BCUT2D eigenvalue weighted by Crippen LogP contribution is 2.01. The normalized spacial score (nSPS) is 11.1. The summed E-state index contributed by atoms with van der Waals surface area (Å²) in [6.07, 6.45) is 5.86. The molecule has 0 heterocycles. The predicted octanol–water partition coefficient (Wildman–Crippen LogP) is 1.04. The zero-order valence-corrected chi connectivity index (χ0v) is 8.36. The second kappa shape index (κ2) is 11.5. The summed E-state index contributed by atoms with van der Waals surface area (Å²) in [5.41, 5.74) is 2.43. The van der Waals surface area contributed by atoms with Crippen LogP contribution in [0.5, 0.6) is 0 Å². The van der Waals surface area contributed by atoms with E-state index in [0.29, 0.717) is 23.7 Å². The molecule has 78 valence electrons. The van der Waals surface area contributed by atoms with Crippen molar-refractivity contribution in [2.45, 2.75) is 6.92 Å². The van der Waals surface area contributed by atoms with Crippen molar-refractivity contribution in [3.8, 4) is 0 Å². The van der Waals surface area contributed by atoms with E-state index in [4.69, 9.17) is 5.21 Å². The molecule has 0 fully saturated rings. The summed E-state index contributed by atoms with van der Waals surface area (Å²) >= 11 is 0. The van der Waals surface area contributed by atoms with Crippen molar-refractivity contribution in [3.63, 3.8) is 0 Å². The highest BCUT2D eigenvalue weighted by atomic mass is 16.5. The summed E-state index contributed by atoms with van der Waals surface area (Å²) in [5, 5.41) is 7.32. The number of hydrogen-bond donors (Lipinski definition) is 2. The number of carbonyl (C=O) groups excluding carboxylic acids is 2. The smallest absolute Gasteiger partial charge is 0.150 e. The number of rotatable bonds is 4. The van der Waals surface area contributed by atoms with E-state index in [2.05, 4.69) is 6.58 Å². The van der Waals surface area contributed by atoms with E-state index in [1.807, 2.05) is 0 Å². The highest BCUT2D eigenvalue weighted by molar-refractivity contribution is 5.91. The third kappa shape index (κ3) is 7.15. The Morgan fingerprint density at radius 2 is 1.71 bits per heavy atom. The van der Waals surface area contributed by atoms with E-state index in [1.54, 1.807) is 24.6 Å². The van der Waals surface area contributed by atoms with Crippen LogP contribution in [0.3, 0.4) is 0 Å². The number of nitrogens with one attached hydrogen (secondary N) is 1. The average molecular weight is 197 g/mol. The quantitative estimate of drug-likeness (QED) is 0.306. The van der Waals surface area contributed by atoms with E-state index < -0.39 is 0 Å². The van der Waals surface area contributed by atoms with Gasteiger partial charge in [0.05, 0.1) is 0 Å². The Hall–Kier alpha value is -1.52. The van der Waals surface area contributed by atoms with Crippen LogP contribution in [0.25, 0.3) is 0 Å². The van der Waals surface area contributed by atoms with Gasteiger partial charge in [0.1, 0.15) is 0 Å². The van der Waals surface area contributed by atoms with Gasteiger partial charge in [-0.05, 0) is 6.92 Å². The Morgan fingerprint density at radius 1 is 1.29 bits per heavy atom. The molecule has 0 saturated heterocycles. The maximum atomic E-state index is 10.3. The molecule has 0 aliphatic rings. The lowest BCUT2D eigenvalue weighted by molar-refractivity contribution is -0.106. The number of hydrogen-bond acceptors (Lipinski definition) is 4. The summed E-state index contributed by atoms with van der Waals surface area (Å²) in [7, 11) is 1.43. The van der Waals surface area contributed by atoms with Crippen LogP contribution in [0.15, 0.2) is 36.0 Å². The minimum atomic E-state index is 0.318. The fourth-order valence-electron chi connectivity index (χ4n) is 0.617. The topological polar surface area (TPSA) is 66.4 Å². The molecule has 0 aliphatic carbocycles. The van der Waals surface area contributed by atoms with Gasteiger partial charge in [0.2, 0.25) is 0 Å². The zero-order chi connectivity index (χ0) is 11.4. The number of carbonyl (C=O) groups is 2. The molecule has 0 atom stereocenters. The third-order valence-electron chi connectivity index (χ3n) is 1.15. The lowest BCUT2D eigenvalue weighted by Crippen LogP contribution is -1.91. The summed E-state index contributed by atoms with van der Waals surface area (Å²) < 4.78 is 0. The third-order valence-corrected chi connectivity index (χ3v) is 1.15. The zero-order valence-electron chi connectivity index (χ0n) is 8.36. The fraction of sp³-hybridized carbons (Fsp3) is 0.200. The van der Waals surface area contributed by atoms with Gasteiger partial charge in [-0.15, -0.1) is 0 Å². The van der Waals surface area contributed by atoms with Gasteiger partial charge in [-0.25, -0.2) is 5.48 Å². The summed E-state index contributed by atoms with van der Waals surface area (Å²) in [6, 6.07) is 0. The summed E-state index contributed by atoms with van der Waals surface area (Å²) in [5.74, 6) is 0. The lowest BCUT2D eigenvalue weighted by atomic mass is 10.1. The van der Waals surface area contributed by atoms with Crippen molar-refractivity contribution >= 4 is 12.6 Å². The van der Waals surface area contributed by atoms with Gasteiger partial charge in [-0.2, -0.15) is 0 Å². The Balaban J connectivity index is 0. The molecule has 4 heteroatoms. The van der Waals surface area contributed by atoms with Gasteiger partial charge in [-0.1, -0.05) is 24.8 Å². The molecular weight excluding hydrogens is 182 g/mol.